The Balaban J connectivity index is 1.41. The first kappa shape index (κ1) is 29.6. The SMILES string of the molecule is Nc1nc(/C(=N/OCC(=O)O)C(=O)N[C@@H]2C(=O)N3C(C(=O)O)=C(S/C=C\C(=O)OCc4ccccc4)CS[C@H]23)cs1. The predicted molar refractivity (Wildman–Crippen MR) is 149 cm³/mol. The van der Waals surface area contributed by atoms with Gasteiger partial charge in [0.25, 0.3) is 11.8 Å². The summed E-state index contributed by atoms with van der Waals surface area (Å²) in [5.41, 5.74) is 5.77. The molecular formula is C24H21N5O9S3. The molecule has 0 aliphatic carbocycles. The second-order valence-electron chi connectivity index (χ2n) is 8.13. The average molecular weight is 620 g/mol. The monoisotopic (exact) mass is 619 g/mol. The fraction of sp³-hybridized carbons (Fsp3) is 0.208. The number of thioether (sulfide) groups is 2. The van der Waals surface area contributed by atoms with Crippen molar-refractivity contribution < 1.29 is 43.8 Å². The largest absolute Gasteiger partial charge is 0.479 e. The molecule has 214 valence electrons. The minimum absolute atomic E-state index is 0.00852. The van der Waals surface area contributed by atoms with Crippen LogP contribution in [0.3, 0.4) is 0 Å². The summed E-state index contributed by atoms with van der Waals surface area (Å²) in [6.45, 7) is -0.740. The number of β-lactam (4-membered cyclic amide) rings is 1. The number of nitrogen functional groups attached to an aromatic ring is 1. The third kappa shape index (κ3) is 7.24. The molecule has 14 nitrogen and oxygen atoms in total. The number of carbonyl (C=O) groups is 5. The molecule has 2 aromatic rings. The van der Waals surface area contributed by atoms with Crippen molar-refractivity contribution in [2.45, 2.75) is 18.0 Å². The molecular weight excluding hydrogens is 598 g/mol. The van der Waals surface area contributed by atoms with E-state index >= 15 is 0 Å². The van der Waals surface area contributed by atoms with Crippen molar-refractivity contribution in [1.82, 2.24) is 15.2 Å². The lowest BCUT2D eigenvalue weighted by atomic mass is 10.0. The number of benzene rings is 1. The Morgan fingerprint density at radius 2 is 2.00 bits per heavy atom. The van der Waals surface area contributed by atoms with Gasteiger partial charge in [-0.2, -0.15) is 0 Å². The quantitative estimate of drug-likeness (QED) is 0.0866. The van der Waals surface area contributed by atoms with Crippen LogP contribution in [0.25, 0.3) is 0 Å². The Morgan fingerprint density at radius 1 is 1.24 bits per heavy atom. The summed E-state index contributed by atoms with van der Waals surface area (Å²) in [6, 6.07) is 7.98. The van der Waals surface area contributed by atoms with Gasteiger partial charge in [-0.1, -0.05) is 47.2 Å². The van der Waals surface area contributed by atoms with E-state index in [2.05, 4.69) is 20.3 Å². The highest BCUT2D eigenvalue weighted by Gasteiger charge is 2.54. The van der Waals surface area contributed by atoms with E-state index in [0.717, 1.165) is 39.6 Å². The highest BCUT2D eigenvalue weighted by atomic mass is 32.2. The van der Waals surface area contributed by atoms with Gasteiger partial charge in [0.2, 0.25) is 6.61 Å². The number of thiazole rings is 1. The molecule has 0 bridgehead atoms. The van der Waals surface area contributed by atoms with Crippen LogP contribution >= 0.6 is 34.9 Å². The van der Waals surface area contributed by atoms with Gasteiger partial charge in [0, 0.05) is 22.1 Å². The Hall–Kier alpha value is -4.35. The number of hydrogen-bond acceptors (Lipinski definition) is 13. The average Bonchev–Trinajstić information content (AvgIpc) is 3.38. The molecule has 2 amide bonds. The molecule has 3 heterocycles. The molecule has 41 heavy (non-hydrogen) atoms. The van der Waals surface area contributed by atoms with Gasteiger partial charge >= 0.3 is 17.9 Å². The number of carbonyl (C=O) groups excluding carboxylic acids is 3. The molecule has 2 atom stereocenters. The number of amides is 2. The molecule has 2 aliphatic heterocycles. The van der Waals surface area contributed by atoms with Crippen LogP contribution in [-0.2, 0) is 40.2 Å². The van der Waals surface area contributed by atoms with Crippen molar-refractivity contribution in [3.05, 3.63) is 69.1 Å². The normalized spacial score (nSPS) is 18.5. The molecule has 4 rings (SSSR count). The Labute approximate surface area is 244 Å². The number of aliphatic carboxylic acids is 2. The molecule has 1 aromatic heterocycles. The van der Waals surface area contributed by atoms with E-state index in [4.69, 9.17) is 15.6 Å². The molecule has 17 heteroatoms. The van der Waals surface area contributed by atoms with Crippen molar-refractivity contribution in [1.29, 1.82) is 0 Å². The number of aromatic nitrogens is 1. The van der Waals surface area contributed by atoms with Gasteiger partial charge in [-0.15, -0.1) is 23.1 Å². The van der Waals surface area contributed by atoms with Crippen molar-refractivity contribution in [2.24, 2.45) is 5.16 Å². The zero-order chi connectivity index (χ0) is 29.5. The summed E-state index contributed by atoms with van der Waals surface area (Å²) in [5, 5.41) is 26.8. The summed E-state index contributed by atoms with van der Waals surface area (Å²) in [6.07, 6.45) is 1.16. The highest BCUT2D eigenvalue weighted by molar-refractivity contribution is 8.08. The highest BCUT2D eigenvalue weighted by Crippen LogP contribution is 2.43. The molecule has 1 fully saturated rings. The van der Waals surface area contributed by atoms with Gasteiger partial charge in [-0.25, -0.2) is 19.4 Å². The maximum absolute atomic E-state index is 13.0. The zero-order valence-electron chi connectivity index (χ0n) is 20.8. The number of fused-ring (bicyclic) bond motifs is 1. The fourth-order valence-corrected chi connectivity index (χ4v) is 6.45. The minimum atomic E-state index is -1.35. The first-order valence-electron chi connectivity index (χ1n) is 11.5. The number of carboxylic acid groups (broad SMARTS) is 2. The van der Waals surface area contributed by atoms with E-state index < -0.39 is 53.5 Å². The van der Waals surface area contributed by atoms with Crippen molar-refractivity contribution in [3.63, 3.8) is 0 Å². The Kier molecular flexibility index (Phi) is 9.64. The third-order valence-electron chi connectivity index (χ3n) is 5.38. The smallest absolute Gasteiger partial charge is 0.353 e. The minimum Gasteiger partial charge on any atom is -0.479 e. The third-order valence-corrected chi connectivity index (χ3v) is 8.42. The Bertz CT molecular complexity index is 1460. The van der Waals surface area contributed by atoms with Gasteiger partial charge in [-0.05, 0) is 11.0 Å². The number of nitrogens with two attached hydrogens (primary N) is 1. The van der Waals surface area contributed by atoms with Crippen LogP contribution in [-0.4, -0.2) is 79.3 Å². The van der Waals surface area contributed by atoms with Gasteiger partial charge < -0.3 is 30.8 Å². The van der Waals surface area contributed by atoms with E-state index in [1.807, 2.05) is 18.2 Å². The molecule has 0 spiro atoms. The second kappa shape index (κ2) is 13.3. The maximum Gasteiger partial charge on any atom is 0.353 e. The van der Waals surface area contributed by atoms with Crippen LogP contribution in [0.5, 0.6) is 0 Å². The van der Waals surface area contributed by atoms with Gasteiger partial charge in [0.1, 0.15) is 29.4 Å². The number of ether oxygens (including phenoxy) is 1. The molecule has 2 aliphatic rings. The first-order chi connectivity index (χ1) is 19.7. The number of nitrogens with one attached hydrogen (secondary N) is 1. The van der Waals surface area contributed by atoms with Crippen LogP contribution < -0.4 is 11.1 Å². The van der Waals surface area contributed by atoms with Crippen molar-refractivity contribution in [3.8, 4) is 0 Å². The molecule has 0 saturated carbocycles. The lowest BCUT2D eigenvalue weighted by Gasteiger charge is -2.49. The van der Waals surface area contributed by atoms with Crippen LogP contribution in [0.2, 0.25) is 0 Å². The lowest BCUT2D eigenvalue weighted by Crippen LogP contribution is -2.71. The molecule has 0 radical (unpaired) electrons. The summed E-state index contributed by atoms with van der Waals surface area (Å²) in [5.74, 6) is -4.68. The van der Waals surface area contributed by atoms with E-state index in [1.165, 1.54) is 22.5 Å². The van der Waals surface area contributed by atoms with Gasteiger partial charge in [-0.3, -0.25) is 14.5 Å². The number of esters is 1. The predicted octanol–water partition coefficient (Wildman–Crippen LogP) is 1.22. The summed E-state index contributed by atoms with van der Waals surface area (Å²) < 4.78 is 5.16. The van der Waals surface area contributed by atoms with Gasteiger partial charge in [0.15, 0.2) is 10.8 Å². The van der Waals surface area contributed by atoms with E-state index in [-0.39, 0.29) is 28.9 Å². The second-order valence-corrected chi connectivity index (χ2v) is 11.1. The summed E-state index contributed by atoms with van der Waals surface area (Å²) in [4.78, 5) is 70.8. The number of rotatable bonds is 12. The van der Waals surface area contributed by atoms with E-state index in [1.54, 1.807) is 12.1 Å². The van der Waals surface area contributed by atoms with Crippen LogP contribution in [0, 0.1) is 0 Å². The number of anilines is 1. The topological polar surface area (TPSA) is 211 Å². The van der Waals surface area contributed by atoms with Crippen LogP contribution in [0.1, 0.15) is 11.3 Å². The molecule has 1 saturated heterocycles. The molecule has 5 N–H and O–H groups in total. The number of hydrogen-bond donors (Lipinski definition) is 4. The molecule has 1 aromatic carbocycles. The summed E-state index contributed by atoms with van der Waals surface area (Å²) >= 11 is 3.19. The van der Waals surface area contributed by atoms with E-state index in [9.17, 15) is 29.1 Å². The lowest BCUT2D eigenvalue weighted by molar-refractivity contribution is -0.150. The van der Waals surface area contributed by atoms with Crippen LogP contribution in [0.15, 0.2) is 63.0 Å². The fourth-order valence-electron chi connectivity index (χ4n) is 3.59. The number of carboxylic acids is 2. The van der Waals surface area contributed by atoms with Crippen LogP contribution in [0.4, 0.5) is 5.13 Å². The van der Waals surface area contributed by atoms with Gasteiger partial charge in [0.05, 0.1) is 0 Å². The first-order valence-corrected chi connectivity index (χ1v) is 14.4. The zero-order valence-corrected chi connectivity index (χ0v) is 23.2. The van der Waals surface area contributed by atoms with Crippen molar-refractivity contribution >= 4 is 75.4 Å². The molecule has 0 unspecified atom stereocenters. The summed E-state index contributed by atoms with van der Waals surface area (Å²) in [7, 11) is 0. The van der Waals surface area contributed by atoms with E-state index in [0.29, 0.717) is 4.91 Å². The standard InChI is InChI=1S/C24H21N5O9S3/c25-24-26-13(10-41-24)17(28-38-9-15(30)31)20(33)27-18-21(34)29-19(23(35)36)14(11-40-22(18)29)39-7-6-16(32)37-8-12-4-2-1-3-5-12/h1-7,10,18,22H,8-9,11H2,(H2,25,26)(H,27,33)(H,30,31)(H,35,36)/b7-6-,28-17-/t18-,22-/m1/s1. The number of nitrogens with zero attached hydrogens (tertiary/aromatic N) is 3. The maximum atomic E-state index is 13.0. The number of oxime groups is 1. The van der Waals surface area contributed by atoms with Crippen molar-refractivity contribution in [2.75, 3.05) is 18.1 Å². The Morgan fingerprint density at radius 3 is 2.66 bits per heavy atom.